The highest BCUT2D eigenvalue weighted by Gasteiger charge is 2.32. The monoisotopic (exact) mass is 519 g/mol. The third-order valence-corrected chi connectivity index (χ3v) is 7.29. The Labute approximate surface area is 214 Å². The number of carbonyl (C=O) groups is 2. The number of hydrogen-bond donors (Lipinski definition) is 1. The Morgan fingerprint density at radius 2 is 1.58 bits per heavy atom. The maximum absolute atomic E-state index is 13.8. The summed E-state index contributed by atoms with van der Waals surface area (Å²) in [5, 5.41) is 2.93. The number of carbonyl (C=O) groups excluding carboxylic acids is 2. The van der Waals surface area contributed by atoms with Gasteiger partial charge in [0, 0.05) is 12.6 Å². The molecule has 0 fully saturated rings. The van der Waals surface area contributed by atoms with Crippen LogP contribution in [0.15, 0.2) is 48.5 Å². The summed E-state index contributed by atoms with van der Waals surface area (Å²) in [6, 6.07) is 11.9. The minimum Gasteiger partial charge on any atom is -0.352 e. The predicted molar refractivity (Wildman–Crippen MR) is 142 cm³/mol. The Morgan fingerprint density at radius 1 is 0.972 bits per heavy atom. The molecule has 9 heteroatoms. The molecule has 0 bridgehead atoms. The van der Waals surface area contributed by atoms with E-state index in [2.05, 4.69) is 5.32 Å². The molecule has 0 saturated carbocycles. The van der Waals surface area contributed by atoms with Crippen molar-refractivity contribution in [3.05, 3.63) is 65.5 Å². The molecule has 1 N–H and O–H groups in total. The SMILES string of the molecule is CC[C@@H](C)NC(=O)[C@@H](CC)N(Cc1ccc(F)cc1)C(=O)CN(c1ccccc1C(C)C)S(C)(=O)=O. The van der Waals surface area contributed by atoms with Crippen LogP contribution in [-0.4, -0.2) is 50.0 Å². The third kappa shape index (κ3) is 7.78. The van der Waals surface area contributed by atoms with Crippen LogP contribution >= 0.6 is 0 Å². The molecule has 198 valence electrons. The maximum Gasteiger partial charge on any atom is 0.244 e. The zero-order valence-electron chi connectivity index (χ0n) is 22.0. The van der Waals surface area contributed by atoms with E-state index in [1.807, 2.05) is 39.8 Å². The molecule has 0 aliphatic heterocycles. The van der Waals surface area contributed by atoms with E-state index in [-0.39, 0.29) is 24.4 Å². The first-order chi connectivity index (χ1) is 16.9. The van der Waals surface area contributed by atoms with E-state index >= 15 is 0 Å². The number of hydrogen-bond acceptors (Lipinski definition) is 4. The third-order valence-electron chi connectivity index (χ3n) is 6.16. The van der Waals surface area contributed by atoms with Crippen molar-refractivity contribution >= 4 is 27.5 Å². The van der Waals surface area contributed by atoms with Gasteiger partial charge in [-0.1, -0.05) is 58.0 Å². The van der Waals surface area contributed by atoms with Gasteiger partial charge < -0.3 is 10.2 Å². The van der Waals surface area contributed by atoms with Crippen molar-refractivity contribution in [1.82, 2.24) is 10.2 Å². The number of anilines is 1. The number of halogens is 1. The quantitative estimate of drug-likeness (QED) is 0.449. The molecule has 7 nitrogen and oxygen atoms in total. The number of nitrogens with zero attached hydrogens (tertiary/aromatic N) is 2. The Balaban J connectivity index is 2.49. The van der Waals surface area contributed by atoms with Crippen LogP contribution < -0.4 is 9.62 Å². The molecular weight excluding hydrogens is 481 g/mol. The number of para-hydroxylation sites is 1. The van der Waals surface area contributed by atoms with Gasteiger partial charge in [-0.2, -0.15) is 0 Å². The van der Waals surface area contributed by atoms with Crippen LogP contribution in [0.1, 0.15) is 64.5 Å². The van der Waals surface area contributed by atoms with Crippen LogP contribution in [0.5, 0.6) is 0 Å². The average Bonchev–Trinajstić information content (AvgIpc) is 2.82. The Hall–Kier alpha value is -2.94. The van der Waals surface area contributed by atoms with Crippen molar-refractivity contribution < 1.29 is 22.4 Å². The van der Waals surface area contributed by atoms with Crippen LogP contribution in [0.3, 0.4) is 0 Å². The van der Waals surface area contributed by atoms with Crippen molar-refractivity contribution in [3.63, 3.8) is 0 Å². The second kappa shape index (κ2) is 12.9. The Bertz CT molecular complexity index is 1140. The van der Waals surface area contributed by atoms with Gasteiger partial charge in [0.1, 0.15) is 18.4 Å². The normalized spacial score (nSPS) is 13.2. The molecule has 0 aliphatic carbocycles. The zero-order valence-corrected chi connectivity index (χ0v) is 22.8. The zero-order chi connectivity index (χ0) is 27.0. The minimum atomic E-state index is -3.82. The van der Waals surface area contributed by atoms with Gasteiger partial charge in [-0.25, -0.2) is 12.8 Å². The topological polar surface area (TPSA) is 86.8 Å². The molecule has 0 radical (unpaired) electrons. The highest BCUT2D eigenvalue weighted by molar-refractivity contribution is 7.92. The van der Waals surface area contributed by atoms with Gasteiger partial charge in [0.2, 0.25) is 21.8 Å². The Morgan fingerprint density at radius 3 is 2.11 bits per heavy atom. The van der Waals surface area contributed by atoms with E-state index in [1.54, 1.807) is 31.2 Å². The lowest BCUT2D eigenvalue weighted by Gasteiger charge is -2.34. The first kappa shape index (κ1) is 29.3. The van der Waals surface area contributed by atoms with E-state index in [4.69, 9.17) is 0 Å². The van der Waals surface area contributed by atoms with Gasteiger partial charge in [0.25, 0.3) is 0 Å². The lowest BCUT2D eigenvalue weighted by atomic mass is 10.0. The molecular formula is C27H38FN3O4S. The van der Waals surface area contributed by atoms with Gasteiger partial charge in [0.15, 0.2) is 0 Å². The van der Waals surface area contributed by atoms with Crippen molar-refractivity contribution in [2.24, 2.45) is 0 Å². The molecule has 0 aromatic heterocycles. The summed E-state index contributed by atoms with van der Waals surface area (Å²) in [5.74, 6) is -1.21. The molecule has 2 atom stereocenters. The summed E-state index contributed by atoms with van der Waals surface area (Å²) < 4.78 is 40.3. The molecule has 2 aromatic carbocycles. The number of amides is 2. The van der Waals surface area contributed by atoms with E-state index in [9.17, 15) is 22.4 Å². The summed E-state index contributed by atoms with van der Waals surface area (Å²) >= 11 is 0. The van der Waals surface area contributed by atoms with Crippen LogP contribution in [0, 0.1) is 5.82 Å². The summed E-state index contributed by atoms with van der Waals surface area (Å²) in [7, 11) is -3.82. The van der Waals surface area contributed by atoms with Crippen LogP contribution in [0.2, 0.25) is 0 Å². The smallest absolute Gasteiger partial charge is 0.244 e. The summed E-state index contributed by atoms with van der Waals surface area (Å²) in [6.45, 7) is 9.11. The molecule has 0 saturated heterocycles. The molecule has 0 aliphatic rings. The highest BCUT2D eigenvalue weighted by Crippen LogP contribution is 2.29. The number of sulfonamides is 1. The van der Waals surface area contributed by atoms with E-state index < -0.39 is 34.3 Å². The first-order valence-electron chi connectivity index (χ1n) is 12.3. The fourth-order valence-electron chi connectivity index (χ4n) is 3.94. The van der Waals surface area contributed by atoms with Crippen molar-refractivity contribution in [2.75, 3.05) is 17.1 Å². The molecule has 0 heterocycles. The number of nitrogens with one attached hydrogen (secondary N) is 1. The molecule has 2 rings (SSSR count). The van der Waals surface area contributed by atoms with Crippen LogP contribution in [0.25, 0.3) is 0 Å². The van der Waals surface area contributed by atoms with Gasteiger partial charge in [-0.15, -0.1) is 0 Å². The number of benzene rings is 2. The van der Waals surface area contributed by atoms with Gasteiger partial charge in [-0.05, 0) is 55.0 Å². The van der Waals surface area contributed by atoms with E-state index in [1.165, 1.54) is 17.0 Å². The van der Waals surface area contributed by atoms with Crippen molar-refractivity contribution in [1.29, 1.82) is 0 Å². The molecule has 0 spiro atoms. The van der Waals surface area contributed by atoms with Crippen LogP contribution in [0.4, 0.5) is 10.1 Å². The first-order valence-corrected chi connectivity index (χ1v) is 14.1. The fraction of sp³-hybridized carbons (Fsp3) is 0.481. The summed E-state index contributed by atoms with van der Waals surface area (Å²) in [4.78, 5) is 28.3. The van der Waals surface area contributed by atoms with Gasteiger partial charge in [0.05, 0.1) is 11.9 Å². The van der Waals surface area contributed by atoms with Crippen molar-refractivity contribution in [3.8, 4) is 0 Å². The van der Waals surface area contributed by atoms with Crippen molar-refractivity contribution in [2.45, 2.75) is 72.0 Å². The molecule has 0 unspecified atom stereocenters. The van der Waals surface area contributed by atoms with E-state index in [0.29, 0.717) is 17.7 Å². The maximum atomic E-state index is 13.8. The van der Waals surface area contributed by atoms with E-state index in [0.717, 1.165) is 22.5 Å². The highest BCUT2D eigenvalue weighted by atomic mass is 32.2. The standard InChI is InChI=1S/C27H38FN3O4S/c1-7-20(5)29-27(33)24(8-2)30(17-21-13-15-22(28)16-14-21)26(32)18-31(36(6,34)35)25-12-10-9-11-23(25)19(3)4/h9-16,19-20,24H,7-8,17-18H2,1-6H3,(H,29,33)/t20-,24-/m1/s1. The molecule has 2 aromatic rings. The summed E-state index contributed by atoms with van der Waals surface area (Å²) in [6.07, 6.45) is 2.12. The second-order valence-electron chi connectivity index (χ2n) is 9.37. The van der Waals surface area contributed by atoms with Gasteiger partial charge in [-0.3, -0.25) is 13.9 Å². The largest absolute Gasteiger partial charge is 0.352 e. The predicted octanol–water partition coefficient (Wildman–Crippen LogP) is 4.44. The lowest BCUT2D eigenvalue weighted by molar-refractivity contribution is -0.140. The molecule has 36 heavy (non-hydrogen) atoms. The van der Waals surface area contributed by atoms with Gasteiger partial charge >= 0.3 is 0 Å². The summed E-state index contributed by atoms with van der Waals surface area (Å²) in [5.41, 5.74) is 1.86. The van der Waals surface area contributed by atoms with Crippen LogP contribution in [-0.2, 0) is 26.2 Å². The Kier molecular flexibility index (Phi) is 10.5. The number of rotatable bonds is 12. The lowest BCUT2D eigenvalue weighted by Crippen LogP contribution is -2.53. The average molecular weight is 520 g/mol. The second-order valence-corrected chi connectivity index (χ2v) is 11.3. The molecule has 2 amide bonds. The minimum absolute atomic E-state index is 0.0283. The fourth-order valence-corrected chi connectivity index (χ4v) is 4.81.